The van der Waals surface area contributed by atoms with Crippen molar-refractivity contribution in [2.75, 3.05) is 18.0 Å². The smallest absolute Gasteiger partial charge is 0.0978 e. The molecule has 1 fully saturated rings. The van der Waals surface area contributed by atoms with Gasteiger partial charge in [0.15, 0.2) is 0 Å². The third kappa shape index (κ3) is 2.21. The molecule has 1 atom stereocenters. The number of nitrogens with zero attached hydrogens (tertiary/aromatic N) is 1. The quantitative estimate of drug-likeness (QED) is 0.816. The Hall–Kier alpha value is -0.480. The SMILES string of the molecule is NOC1CCN(c2cccc(Cl)c2Cl)C1. The summed E-state index contributed by atoms with van der Waals surface area (Å²) < 4.78 is 0. The number of hydrogen-bond donors (Lipinski definition) is 1. The first-order valence-electron chi connectivity index (χ1n) is 4.77. The first-order valence-corrected chi connectivity index (χ1v) is 5.52. The minimum atomic E-state index is 0.0834. The minimum absolute atomic E-state index is 0.0834. The molecule has 1 heterocycles. The molecule has 2 rings (SSSR count). The molecule has 5 heteroatoms. The average molecular weight is 247 g/mol. The maximum atomic E-state index is 6.12. The largest absolute Gasteiger partial charge is 0.368 e. The predicted octanol–water partition coefficient (Wildman–Crippen LogP) is 2.46. The van der Waals surface area contributed by atoms with Crippen LogP contribution in [0.2, 0.25) is 10.0 Å². The van der Waals surface area contributed by atoms with E-state index < -0.39 is 0 Å². The van der Waals surface area contributed by atoms with Crippen LogP contribution in [0.15, 0.2) is 18.2 Å². The summed E-state index contributed by atoms with van der Waals surface area (Å²) in [6.45, 7) is 1.65. The van der Waals surface area contributed by atoms with E-state index >= 15 is 0 Å². The van der Waals surface area contributed by atoms with Gasteiger partial charge in [-0.25, -0.2) is 5.90 Å². The summed E-state index contributed by atoms with van der Waals surface area (Å²) in [5, 5.41) is 1.17. The zero-order chi connectivity index (χ0) is 10.8. The van der Waals surface area contributed by atoms with E-state index in [9.17, 15) is 0 Å². The zero-order valence-corrected chi connectivity index (χ0v) is 9.63. The van der Waals surface area contributed by atoms with E-state index in [0.717, 1.165) is 25.2 Å². The lowest BCUT2D eigenvalue weighted by Crippen LogP contribution is -2.24. The summed E-state index contributed by atoms with van der Waals surface area (Å²) >= 11 is 12.1. The van der Waals surface area contributed by atoms with Crippen LogP contribution in [-0.2, 0) is 4.84 Å². The van der Waals surface area contributed by atoms with Gasteiger partial charge >= 0.3 is 0 Å². The van der Waals surface area contributed by atoms with Crippen molar-refractivity contribution in [3.8, 4) is 0 Å². The Morgan fingerprint density at radius 3 is 2.87 bits per heavy atom. The Bertz CT molecular complexity index is 359. The van der Waals surface area contributed by atoms with Crippen molar-refractivity contribution in [3.63, 3.8) is 0 Å². The number of benzene rings is 1. The molecule has 1 saturated heterocycles. The van der Waals surface area contributed by atoms with Crippen LogP contribution in [0.3, 0.4) is 0 Å². The normalized spacial score (nSPS) is 21.0. The highest BCUT2D eigenvalue weighted by Crippen LogP contribution is 2.34. The minimum Gasteiger partial charge on any atom is -0.368 e. The molecule has 2 N–H and O–H groups in total. The summed E-state index contributed by atoms with van der Waals surface area (Å²) in [4.78, 5) is 6.95. The molecular weight excluding hydrogens is 235 g/mol. The summed E-state index contributed by atoms with van der Waals surface area (Å²) in [5.41, 5.74) is 0.948. The van der Waals surface area contributed by atoms with E-state index in [4.69, 9.17) is 33.9 Å². The van der Waals surface area contributed by atoms with E-state index in [0.29, 0.717) is 10.0 Å². The van der Waals surface area contributed by atoms with Gasteiger partial charge in [-0.3, -0.25) is 4.84 Å². The molecule has 0 saturated carbocycles. The maximum Gasteiger partial charge on any atom is 0.0978 e. The molecule has 0 bridgehead atoms. The van der Waals surface area contributed by atoms with Crippen LogP contribution in [0.4, 0.5) is 5.69 Å². The molecule has 0 aromatic heterocycles. The van der Waals surface area contributed by atoms with Gasteiger partial charge in [0, 0.05) is 13.1 Å². The second-order valence-electron chi connectivity index (χ2n) is 3.57. The molecular formula is C10H12Cl2N2O. The maximum absolute atomic E-state index is 6.12. The van der Waals surface area contributed by atoms with Crippen molar-refractivity contribution in [2.24, 2.45) is 5.90 Å². The third-order valence-corrected chi connectivity index (χ3v) is 3.42. The van der Waals surface area contributed by atoms with Gasteiger partial charge < -0.3 is 4.90 Å². The first kappa shape index (κ1) is 11.0. The molecule has 82 valence electrons. The Morgan fingerprint density at radius 1 is 1.40 bits per heavy atom. The number of rotatable bonds is 2. The lowest BCUT2D eigenvalue weighted by molar-refractivity contribution is 0.0690. The molecule has 0 amide bonds. The van der Waals surface area contributed by atoms with Crippen molar-refractivity contribution in [2.45, 2.75) is 12.5 Å². The summed E-state index contributed by atoms with van der Waals surface area (Å²) in [6.07, 6.45) is 0.999. The van der Waals surface area contributed by atoms with Crippen molar-refractivity contribution < 1.29 is 4.84 Å². The number of anilines is 1. The van der Waals surface area contributed by atoms with Crippen molar-refractivity contribution in [3.05, 3.63) is 28.2 Å². The van der Waals surface area contributed by atoms with E-state index in [1.807, 2.05) is 12.1 Å². The Kier molecular flexibility index (Phi) is 3.36. The Morgan fingerprint density at radius 2 is 2.20 bits per heavy atom. The van der Waals surface area contributed by atoms with E-state index in [1.165, 1.54) is 0 Å². The average Bonchev–Trinajstić information content (AvgIpc) is 2.70. The molecule has 0 aliphatic carbocycles. The fourth-order valence-corrected chi connectivity index (χ4v) is 2.21. The number of nitrogens with two attached hydrogens (primary N) is 1. The fourth-order valence-electron chi connectivity index (χ4n) is 1.79. The highest BCUT2D eigenvalue weighted by Gasteiger charge is 2.24. The Labute approximate surface area is 98.7 Å². The van der Waals surface area contributed by atoms with Crippen LogP contribution in [0.25, 0.3) is 0 Å². The highest BCUT2D eigenvalue weighted by molar-refractivity contribution is 6.43. The van der Waals surface area contributed by atoms with Crippen molar-refractivity contribution in [1.29, 1.82) is 0 Å². The van der Waals surface area contributed by atoms with Crippen LogP contribution in [0.1, 0.15) is 6.42 Å². The Balaban J connectivity index is 2.20. The van der Waals surface area contributed by atoms with Crippen LogP contribution >= 0.6 is 23.2 Å². The molecule has 1 aliphatic rings. The van der Waals surface area contributed by atoms with Crippen molar-refractivity contribution >= 4 is 28.9 Å². The predicted molar refractivity (Wildman–Crippen MR) is 62.4 cm³/mol. The molecule has 1 aliphatic heterocycles. The van der Waals surface area contributed by atoms with Gasteiger partial charge in [-0.15, -0.1) is 0 Å². The molecule has 1 unspecified atom stereocenters. The number of halogens is 2. The topological polar surface area (TPSA) is 38.5 Å². The second-order valence-corrected chi connectivity index (χ2v) is 4.35. The number of hydrogen-bond acceptors (Lipinski definition) is 3. The van der Waals surface area contributed by atoms with Gasteiger partial charge in [-0.05, 0) is 18.6 Å². The van der Waals surface area contributed by atoms with E-state index in [-0.39, 0.29) is 6.10 Å². The van der Waals surface area contributed by atoms with Gasteiger partial charge in [-0.2, -0.15) is 0 Å². The highest BCUT2D eigenvalue weighted by atomic mass is 35.5. The third-order valence-electron chi connectivity index (χ3n) is 2.61. The fraction of sp³-hybridized carbons (Fsp3) is 0.400. The second kappa shape index (κ2) is 4.58. The van der Waals surface area contributed by atoms with Gasteiger partial charge in [-0.1, -0.05) is 29.3 Å². The zero-order valence-electron chi connectivity index (χ0n) is 8.12. The van der Waals surface area contributed by atoms with Gasteiger partial charge in [0.1, 0.15) is 0 Å². The summed E-state index contributed by atoms with van der Waals surface area (Å²) in [6, 6.07) is 5.62. The monoisotopic (exact) mass is 246 g/mol. The first-order chi connectivity index (χ1) is 7.22. The van der Waals surface area contributed by atoms with Crippen LogP contribution < -0.4 is 10.8 Å². The molecule has 15 heavy (non-hydrogen) atoms. The van der Waals surface area contributed by atoms with Crippen molar-refractivity contribution in [1.82, 2.24) is 0 Å². The lowest BCUT2D eigenvalue weighted by atomic mass is 10.3. The van der Waals surface area contributed by atoms with Gasteiger partial charge in [0.25, 0.3) is 0 Å². The van der Waals surface area contributed by atoms with Gasteiger partial charge in [0.2, 0.25) is 0 Å². The van der Waals surface area contributed by atoms with E-state index in [1.54, 1.807) is 6.07 Å². The molecule has 1 aromatic carbocycles. The lowest BCUT2D eigenvalue weighted by Gasteiger charge is -2.19. The molecule has 3 nitrogen and oxygen atoms in total. The standard InChI is InChI=1S/C10H12Cl2N2O/c11-8-2-1-3-9(10(8)12)14-5-4-7(6-14)15-13/h1-3,7H,4-6,13H2. The van der Waals surface area contributed by atoms with Gasteiger partial charge in [0.05, 0.1) is 21.8 Å². The molecule has 0 spiro atoms. The van der Waals surface area contributed by atoms with Crippen LogP contribution in [0, 0.1) is 0 Å². The van der Waals surface area contributed by atoms with Crippen LogP contribution in [0.5, 0.6) is 0 Å². The summed E-state index contributed by atoms with van der Waals surface area (Å²) in [5.74, 6) is 5.16. The van der Waals surface area contributed by atoms with Crippen LogP contribution in [-0.4, -0.2) is 19.2 Å². The molecule has 0 radical (unpaired) electrons. The summed E-state index contributed by atoms with van der Waals surface area (Å²) in [7, 11) is 0. The molecule has 1 aromatic rings. The van der Waals surface area contributed by atoms with E-state index in [2.05, 4.69) is 4.90 Å².